The topological polar surface area (TPSA) is 74.0 Å². The number of thiazole rings is 1. The van der Waals surface area contributed by atoms with Gasteiger partial charge in [-0.1, -0.05) is 0 Å². The quantitative estimate of drug-likeness (QED) is 0.755. The Labute approximate surface area is 85.8 Å². The van der Waals surface area contributed by atoms with E-state index in [0.29, 0.717) is 11.4 Å². The number of hydrogen-bond donors (Lipinski definition) is 1. The van der Waals surface area contributed by atoms with Crippen LogP contribution in [0, 0.1) is 18.3 Å². The predicted molar refractivity (Wildman–Crippen MR) is 52.2 cm³/mol. The molecule has 14 heavy (non-hydrogen) atoms. The molecule has 0 atom stereocenters. The van der Waals surface area contributed by atoms with Gasteiger partial charge in [-0.2, -0.15) is 5.26 Å². The smallest absolute Gasteiger partial charge is 0.205 e. The zero-order valence-corrected chi connectivity index (χ0v) is 8.60. The molecule has 1 rings (SSSR count). The van der Waals surface area contributed by atoms with Gasteiger partial charge in [-0.05, 0) is 6.92 Å². The van der Waals surface area contributed by atoms with Gasteiger partial charge in [0.25, 0.3) is 0 Å². The molecule has 0 bridgehead atoms. The van der Waals surface area contributed by atoms with Crippen LogP contribution >= 0.6 is 11.3 Å². The molecule has 0 amide bonds. The van der Waals surface area contributed by atoms with Gasteiger partial charge >= 0.3 is 0 Å². The number of Topliss-reactive ketones (excluding diaryl/α,β-unsaturated/α-hetero) is 1. The van der Waals surface area contributed by atoms with E-state index in [9.17, 15) is 4.79 Å². The number of aliphatic hydroxyl groups excluding tert-OH is 1. The molecule has 0 fully saturated rings. The minimum absolute atomic E-state index is 0.0505. The first-order valence-electron chi connectivity index (χ1n) is 4.16. The van der Waals surface area contributed by atoms with E-state index in [1.54, 1.807) is 13.0 Å². The number of hydrogen-bond acceptors (Lipinski definition) is 5. The first kappa shape index (κ1) is 10.8. The Bertz CT molecular complexity index is 379. The average Bonchev–Trinajstić information content (AvgIpc) is 2.49. The van der Waals surface area contributed by atoms with E-state index < -0.39 is 0 Å². The van der Waals surface area contributed by atoms with Crippen LogP contribution in [0.3, 0.4) is 0 Å². The average molecular weight is 210 g/mol. The lowest BCUT2D eigenvalue weighted by Crippen LogP contribution is -1.95. The molecule has 0 unspecified atom stereocenters. The summed E-state index contributed by atoms with van der Waals surface area (Å²) in [7, 11) is 0. The van der Waals surface area contributed by atoms with Crippen LogP contribution in [-0.2, 0) is 6.42 Å². The number of nitriles is 1. The standard InChI is InChI=1S/C9H10N2O2S/c1-6-8(3-5-12)14-9(11-6)7(13)2-4-10/h12H,2-3,5H2,1H3. The highest BCUT2D eigenvalue weighted by atomic mass is 32.1. The largest absolute Gasteiger partial charge is 0.396 e. The van der Waals surface area contributed by atoms with E-state index >= 15 is 0 Å². The number of carbonyl (C=O) groups excluding carboxylic acids is 1. The summed E-state index contributed by atoms with van der Waals surface area (Å²) in [5.74, 6) is -0.246. The molecule has 5 heteroatoms. The first-order valence-corrected chi connectivity index (χ1v) is 4.98. The highest BCUT2D eigenvalue weighted by Gasteiger charge is 2.13. The summed E-state index contributed by atoms with van der Waals surface area (Å²) in [6.07, 6.45) is 0.384. The van der Waals surface area contributed by atoms with Gasteiger partial charge in [0, 0.05) is 17.9 Å². The van der Waals surface area contributed by atoms with Crippen molar-refractivity contribution < 1.29 is 9.90 Å². The Balaban J connectivity index is 2.86. The molecule has 1 heterocycles. The molecule has 0 saturated carbocycles. The van der Waals surface area contributed by atoms with E-state index in [2.05, 4.69) is 4.98 Å². The number of carbonyl (C=O) groups is 1. The molecule has 0 aliphatic carbocycles. The van der Waals surface area contributed by atoms with Gasteiger partial charge in [0.1, 0.15) is 6.42 Å². The van der Waals surface area contributed by atoms with Gasteiger partial charge in [0.05, 0.1) is 11.8 Å². The van der Waals surface area contributed by atoms with Crippen molar-refractivity contribution in [3.05, 3.63) is 15.6 Å². The van der Waals surface area contributed by atoms with Crippen LogP contribution in [-0.4, -0.2) is 22.5 Å². The second-order valence-corrected chi connectivity index (χ2v) is 3.84. The molecule has 0 saturated heterocycles. The van der Waals surface area contributed by atoms with E-state index in [1.807, 2.05) is 0 Å². The van der Waals surface area contributed by atoms with E-state index in [-0.39, 0.29) is 18.8 Å². The van der Waals surface area contributed by atoms with Crippen LogP contribution in [0.15, 0.2) is 0 Å². The maximum atomic E-state index is 11.3. The van der Waals surface area contributed by atoms with Gasteiger partial charge in [-0.3, -0.25) is 4.79 Å². The second kappa shape index (κ2) is 4.84. The number of ketones is 1. The molecule has 0 aliphatic rings. The van der Waals surface area contributed by atoms with Crippen molar-refractivity contribution in [1.82, 2.24) is 4.98 Å². The molecule has 0 aromatic carbocycles. The van der Waals surface area contributed by atoms with E-state index in [4.69, 9.17) is 10.4 Å². The van der Waals surface area contributed by atoms with Crippen molar-refractivity contribution in [2.24, 2.45) is 0 Å². The molecule has 1 aromatic rings. The Morgan fingerprint density at radius 2 is 2.43 bits per heavy atom. The molecule has 0 aliphatic heterocycles. The lowest BCUT2D eigenvalue weighted by Gasteiger charge is -1.90. The van der Waals surface area contributed by atoms with Crippen LogP contribution in [0.2, 0.25) is 0 Å². The first-order chi connectivity index (χ1) is 6.69. The summed E-state index contributed by atoms with van der Waals surface area (Å²) in [5.41, 5.74) is 0.769. The highest BCUT2D eigenvalue weighted by Crippen LogP contribution is 2.19. The SMILES string of the molecule is Cc1nc(C(=O)CC#N)sc1CCO. The zero-order chi connectivity index (χ0) is 10.6. The molecular formula is C9H10N2O2S. The summed E-state index contributed by atoms with van der Waals surface area (Å²) in [4.78, 5) is 16.2. The maximum absolute atomic E-state index is 11.3. The number of aromatic nitrogens is 1. The lowest BCUT2D eigenvalue weighted by molar-refractivity contribution is 0.0997. The summed E-state index contributed by atoms with van der Waals surface area (Å²) >= 11 is 1.26. The number of aliphatic hydroxyl groups is 1. The van der Waals surface area contributed by atoms with Crippen molar-refractivity contribution in [3.63, 3.8) is 0 Å². The van der Waals surface area contributed by atoms with Crippen molar-refractivity contribution in [3.8, 4) is 6.07 Å². The Morgan fingerprint density at radius 1 is 1.71 bits per heavy atom. The predicted octanol–water partition coefficient (Wildman–Crippen LogP) is 1.08. The van der Waals surface area contributed by atoms with E-state index in [0.717, 1.165) is 10.6 Å². The molecule has 1 N–H and O–H groups in total. The Hall–Kier alpha value is -1.25. The van der Waals surface area contributed by atoms with E-state index in [1.165, 1.54) is 11.3 Å². The summed E-state index contributed by atoms with van der Waals surface area (Å²) in [5, 5.41) is 17.4. The van der Waals surface area contributed by atoms with Gasteiger partial charge in [-0.25, -0.2) is 4.98 Å². The highest BCUT2D eigenvalue weighted by molar-refractivity contribution is 7.13. The van der Waals surface area contributed by atoms with Crippen molar-refractivity contribution in [2.75, 3.05) is 6.61 Å². The second-order valence-electron chi connectivity index (χ2n) is 2.76. The maximum Gasteiger partial charge on any atom is 0.205 e. The van der Waals surface area contributed by atoms with Crippen molar-refractivity contribution in [1.29, 1.82) is 5.26 Å². The van der Waals surface area contributed by atoms with Crippen LogP contribution in [0.25, 0.3) is 0 Å². The van der Waals surface area contributed by atoms with Gasteiger partial charge in [0.2, 0.25) is 5.78 Å². The fourth-order valence-corrected chi connectivity index (χ4v) is 2.02. The summed E-state index contributed by atoms with van der Waals surface area (Å²) < 4.78 is 0. The number of nitrogens with zero attached hydrogens (tertiary/aromatic N) is 2. The number of rotatable bonds is 4. The minimum Gasteiger partial charge on any atom is -0.396 e. The Morgan fingerprint density at radius 3 is 3.00 bits per heavy atom. The van der Waals surface area contributed by atoms with Crippen LogP contribution in [0.5, 0.6) is 0 Å². The third-order valence-corrected chi connectivity index (χ3v) is 2.97. The van der Waals surface area contributed by atoms with Gasteiger partial charge < -0.3 is 5.11 Å². The summed E-state index contributed by atoms with van der Waals surface area (Å²) in [6.45, 7) is 1.85. The van der Waals surface area contributed by atoms with Crippen molar-refractivity contribution in [2.45, 2.75) is 19.8 Å². The molecule has 1 aromatic heterocycles. The van der Waals surface area contributed by atoms with Gasteiger partial charge in [-0.15, -0.1) is 11.3 Å². The minimum atomic E-state index is -0.246. The Kier molecular flexibility index (Phi) is 3.74. The lowest BCUT2D eigenvalue weighted by atomic mass is 10.3. The third-order valence-electron chi connectivity index (χ3n) is 1.71. The van der Waals surface area contributed by atoms with Crippen molar-refractivity contribution >= 4 is 17.1 Å². The molecule has 0 radical (unpaired) electrons. The molecular weight excluding hydrogens is 200 g/mol. The monoisotopic (exact) mass is 210 g/mol. The zero-order valence-electron chi connectivity index (χ0n) is 7.78. The molecule has 0 spiro atoms. The number of aryl methyl sites for hydroxylation is 1. The molecule has 74 valence electrons. The summed E-state index contributed by atoms with van der Waals surface area (Å²) in [6, 6.07) is 1.79. The van der Waals surface area contributed by atoms with Crippen LogP contribution < -0.4 is 0 Å². The fraction of sp³-hybridized carbons (Fsp3) is 0.444. The van der Waals surface area contributed by atoms with Crippen LogP contribution in [0.1, 0.15) is 26.8 Å². The third kappa shape index (κ3) is 2.37. The van der Waals surface area contributed by atoms with Crippen LogP contribution in [0.4, 0.5) is 0 Å². The fourth-order valence-electron chi connectivity index (χ4n) is 1.03. The normalized spacial score (nSPS) is 9.79. The molecule has 4 nitrogen and oxygen atoms in total. The van der Waals surface area contributed by atoms with Gasteiger partial charge in [0.15, 0.2) is 5.01 Å².